The summed E-state index contributed by atoms with van der Waals surface area (Å²) in [5.74, 6) is -0.924. The summed E-state index contributed by atoms with van der Waals surface area (Å²) in [7, 11) is 1.32. The van der Waals surface area contributed by atoms with E-state index in [-0.39, 0.29) is 28.5 Å². The van der Waals surface area contributed by atoms with Gasteiger partial charge in [-0.05, 0) is 55.8 Å². The number of rotatable bonds is 7. The van der Waals surface area contributed by atoms with Crippen LogP contribution in [0.1, 0.15) is 43.2 Å². The standard InChI is InChI=1S/C31H27ClF6N4O3/c1-17(44)40-21-12-22(16-43)42(15-21)27-13-24(23-7-5-6-8-25(23)32)26(14-39-27)41(4)28(45)29(2,3)18-9-19(30(33,34)35)11-20(10-18)31(36,37)38/h5-15,43H,16H2,1-4H3,(H,40,44). The Kier molecular flexibility index (Phi) is 9.09. The summed E-state index contributed by atoms with van der Waals surface area (Å²) in [6, 6.07) is 10.8. The molecule has 0 bridgehead atoms. The second-order valence-corrected chi connectivity index (χ2v) is 11.2. The Hall–Kier alpha value is -4.36. The molecule has 0 aliphatic heterocycles. The monoisotopic (exact) mass is 652 g/mol. The van der Waals surface area contributed by atoms with E-state index < -0.39 is 47.0 Å². The van der Waals surface area contributed by atoms with E-state index in [0.29, 0.717) is 34.6 Å². The number of carbonyl (C=O) groups excluding carboxylic acids is 2. The van der Waals surface area contributed by atoms with E-state index in [2.05, 4.69) is 10.3 Å². The minimum absolute atomic E-state index is 0.00512. The largest absolute Gasteiger partial charge is 0.416 e. The molecule has 0 atom stereocenters. The van der Waals surface area contributed by atoms with Crippen molar-refractivity contribution in [3.8, 4) is 16.9 Å². The Balaban J connectivity index is 1.86. The fraction of sp³-hybridized carbons (Fsp3) is 0.258. The zero-order valence-corrected chi connectivity index (χ0v) is 25.1. The molecule has 0 saturated carbocycles. The quantitative estimate of drug-likeness (QED) is 0.201. The molecule has 2 heterocycles. The fourth-order valence-electron chi connectivity index (χ4n) is 4.81. The van der Waals surface area contributed by atoms with Gasteiger partial charge in [0.1, 0.15) is 5.82 Å². The number of carbonyl (C=O) groups is 2. The molecular weight excluding hydrogens is 626 g/mol. The van der Waals surface area contributed by atoms with Crippen molar-refractivity contribution in [2.45, 2.75) is 45.1 Å². The summed E-state index contributed by atoms with van der Waals surface area (Å²) in [6.07, 6.45) is -7.36. The number of hydrogen-bond acceptors (Lipinski definition) is 4. The van der Waals surface area contributed by atoms with Gasteiger partial charge in [-0.15, -0.1) is 0 Å². The minimum Gasteiger partial charge on any atom is -0.390 e. The fourth-order valence-corrected chi connectivity index (χ4v) is 5.05. The highest BCUT2D eigenvalue weighted by molar-refractivity contribution is 6.33. The van der Waals surface area contributed by atoms with Gasteiger partial charge in [0, 0.05) is 36.3 Å². The van der Waals surface area contributed by atoms with E-state index in [1.54, 1.807) is 30.3 Å². The molecular formula is C31H27ClF6N4O3. The lowest BCUT2D eigenvalue weighted by atomic mass is 9.81. The second-order valence-electron chi connectivity index (χ2n) is 10.8. The van der Waals surface area contributed by atoms with Gasteiger partial charge in [-0.3, -0.25) is 9.59 Å². The van der Waals surface area contributed by atoms with Gasteiger partial charge in [-0.1, -0.05) is 29.8 Å². The molecule has 2 amide bonds. The number of likely N-dealkylation sites (N-methyl/N-ethyl adjacent to an activating group) is 1. The van der Waals surface area contributed by atoms with E-state index >= 15 is 0 Å². The maximum atomic E-state index is 13.9. The predicted octanol–water partition coefficient (Wildman–Crippen LogP) is 7.62. The van der Waals surface area contributed by atoms with Crippen LogP contribution in [0.15, 0.2) is 67.0 Å². The molecule has 0 saturated heterocycles. The van der Waals surface area contributed by atoms with Crippen LogP contribution in [0.4, 0.5) is 37.7 Å². The number of aliphatic hydroxyl groups is 1. The Morgan fingerprint density at radius 1 is 0.933 bits per heavy atom. The molecule has 4 rings (SSSR count). The van der Waals surface area contributed by atoms with Crippen molar-refractivity contribution in [1.82, 2.24) is 9.55 Å². The molecule has 2 N–H and O–H groups in total. The number of aromatic nitrogens is 2. The van der Waals surface area contributed by atoms with Gasteiger partial charge in [-0.25, -0.2) is 4.98 Å². The number of benzene rings is 2. The number of halogens is 7. The first-order valence-electron chi connectivity index (χ1n) is 13.3. The van der Waals surface area contributed by atoms with E-state index in [0.717, 1.165) is 4.90 Å². The van der Waals surface area contributed by atoms with Crippen molar-refractivity contribution in [2.24, 2.45) is 0 Å². The Labute approximate surface area is 259 Å². The van der Waals surface area contributed by atoms with Gasteiger partial charge < -0.3 is 19.9 Å². The van der Waals surface area contributed by atoms with Crippen molar-refractivity contribution >= 4 is 34.8 Å². The number of nitrogens with one attached hydrogen (secondary N) is 1. The Morgan fingerprint density at radius 2 is 1.51 bits per heavy atom. The van der Waals surface area contributed by atoms with Gasteiger partial charge in [0.15, 0.2) is 0 Å². The van der Waals surface area contributed by atoms with E-state index in [1.165, 1.54) is 50.8 Å². The van der Waals surface area contributed by atoms with Crippen LogP contribution in [-0.2, 0) is 34.0 Å². The molecule has 238 valence electrons. The molecule has 4 aromatic rings. The van der Waals surface area contributed by atoms with Crippen molar-refractivity contribution in [1.29, 1.82) is 0 Å². The van der Waals surface area contributed by atoms with Gasteiger partial charge >= 0.3 is 12.4 Å². The van der Waals surface area contributed by atoms with Crippen molar-refractivity contribution < 1.29 is 41.0 Å². The van der Waals surface area contributed by atoms with Crippen LogP contribution in [0.5, 0.6) is 0 Å². The number of anilines is 2. The van der Waals surface area contributed by atoms with Gasteiger partial charge in [0.2, 0.25) is 11.8 Å². The number of pyridine rings is 1. The summed E-state index contributed by atoms with van der Waals surface area (Å²) in [5, 5.41) is 12.8. The molecule has 45 heavy (non-hydrogen) atoms. The summed E-state index contributed by atoms with van der Waals surface area (Å²) >= 11 is 6.51. The molecule has 7 nitrogen and oxygen atoms in total. The SMILES string of the molecule is CC(=O)Nc1cc(CO)n(-c2cc(-c3ccccc3Cl)c(N(C)C(=O)C(C)(C)c3cc(C(F)(F)F)cc(C(F)(F)F)c3)cn2)c1. The van der Waals surface area contributed by atoms with Crippen LogP contribution in [0.2, 0.25) is 5.02 Å². The maximum absolute atomic E-state index is 13.9. The third kappa shape index (κ3) is 6.99. The Bertz CT molecular complexity index is 1730. The van der Waals surface area contributed by atoms with Crippen molar-refractivity contribution in [3.63, 3.8) is 0 Å². The number of amides is 2. The molecule has 0 unspecified atom stereocenters. The first-order valence-corrected chi connectivity index (χ1v) is 13.7. The molecule has 0 aliphatic carbocycles. The topological polar surface area (TPSA) is 87.5 Å². The highest BCUT2D eigenvalue weighted by Crippen LogP contribution is 2.41. The summed E-state index contributed by atoms with van der Waals surface area (Å²) in [6.45, 7) is 3.36. The van der Waals surface area contributed by atoms with Crippen LogP contribution in [0.25, 0.3) is 16.9 Å². The minimum atomic E-state index is -5.09. The first kappa shape index (κ1) is 33.5. The summed E-state index contributed by atoms with van der Waals surface area (Å²) in [5.41, 5.74) is -3.77. The lowest BCUT2D eigenvalue weighted by Crippen LogP contribution is -2.42. The Morgan fingerprint density at radius 3 is 2.04 bits per heavy atom. The van der Waals surface area contributed by atoms with E-state index in [9.17, 15) is 41.0 Å². The average Bonchev–Trinajstić information content (AvgIpc) is 3.37. The molecule has 2 aromatic carbocycles. The average molecular weight is 653 g/mol. The van der Waals surface area contributed by atoms with Crippen molar-refractivity contribution in [3.05, 3.63) is 94.4 Å². The number of nitrogens with zero attached hydrogens (tertiary/aromatic N) is 3. The summed E-state index contributed by atoms with van der Waals surface area (Å²) < 4.78 is 83.1. The van der Waals surface area contributed by atoms with Crippen LogP contribution in [0.3, 0.4) is 0 Å². The molecule has 0 fully saturated rings. The lowest BCUT2D eigenvalue weighted by molar-refractivity contribution is -0.143. The molecule has 0 radical (unpaired) electrons. The highest BCUT2D eigenvalue weighted by atomic mass is 35.5. The number of alkyl halides is 6. The maximum Gasteiger partial charge on any atom is 0.416 e. The van der Waals surface area contributed by atoms with E-state index in [1.807, 2.05) is 0 Å². The first-order chi connectivity index (χ1) is 20.8. The van der Waals surface area contributed by atoms with Gasteiger partial charge in [0.05, 0.1) is 46.4 Å². The van der Waals surface area contributed by atoms with Gasteiger partial charge in [0.25, 0.3) is 0 Å². The van der Waals surface area contributed by atoms with E-state index in [4.69, 9.17) is 11.6 Å². The molecule has 2 aromatic heterocycles. The molecule has 0 aliphatic rings. The van der Waals surface area contributed by atoms with Crippen LogP contribution in [0, 0.1) is 0 Å². The van der Waals surface area contributed by atoms with Gasteiger partial charge in [-0.2, -0.15) is 26.3 Å². The molecule has 14 heteroatoms. The molecule has 0 spiro atoms. The summed E-state index contributed by atoms with van der Waals surface area (Å²) in [4.78, 5) is 31.0. The third-order valence-electron chi connectivity index (χ3n) is 7.17. The van der Waals surface area contributed by atoms with Crippen LogP contribution < -0.4 is 10.2 Å². The predicted molar refractivity (Wildman–Crippen MR) is 157 cm³/mol. The third-order valence-corrected chi connectivity index (χ3v) is 7.50. The number of aliphatic hydroxyl groups excluding tert-OH is 1. The lowest BCUT2D eigenvalue weighted by Gasteiger charge is -2.32. The van der Waals surface area contributed by atoms with Crippen molar-refractivity contribution in [2.75, 3.05) is 17.3 Å². The smallest absolute Gasteiger partial charge is 0.390 e. The normalized spacial score (nSPS) is 12.3. The zero-order valence-electron chi connectivity index (χ0n) is 24.3. The number of hydrogen-bond donors (Lipinski definition) is 2. The highest BCUT2D eigenvalue weighted by Gasteiger charge is 2.41. The van der Waals surface area contributed by atoms with Crippen LogP contribution in [-0.4, -0.2) is 33.5 Å². The zero-order chi connectivity index (χ0) is 33.5. The second kappa shape index (κ2) is 12.2. The van der Waals surface area contributed by atoms with Crippen LogP contribution >= 0.6 is 11.6 Å².